The van der Waals surface area contributed by atoms with Crippen molar-refractivity contribution in [2.45, 2.75) is 20.3 Å². The molecular formula is C14H20BrNO3. The van der Waals surface area contributed by atoms with Crippen LogP contribution in [0.1, 0.15) is 30.6 Å². The maximum absolute atomic E-state index is 11.2. The first-order valence-electron chi connectivity index (χ1n) is 6.12. The predicted molar refractivity (Wildman–Crippen MR) is 79.9 cm³/mol. The molecule has 1 aromatic carbocycles. The van der Waals surface area contributed by atoms with Crippen molar-refractivity contribution in [1.29, 1.82) is 0 Å². The molecule has 0 fully saturated rings. The number of aromatic carboxylic acids is 1. The van der Waals surface area contributed by atoms with Crippen LogP contribution < -0.4 is 5.32 Å². The lowest BCUT2D eigenvalue weighted by Gasteiger charge is -2.25. The number of nitrogens with one attached hydrogen (secondary N) is 1. The second kappa shape index (κ2) is 6.91. The van der Waals surface area contributed by atoms with Crippen LogP contribution in [0.4, 0.5) is 5.69 Å². The predicted octanol–water partition coefficient (Wildman–Crippen LogP) is 3.62. The maximum Gasteiger partial charge on any atom is 0.338 e. The molecule has 5 heteroatoms. The molecule has 0 heterocycles. The van der Waals surface area contributed by atoms with Crippen LogP contribution in [-0.4, -0.2) is 31.3 Å². The van der Waals surface area contributed by atoms with Crippen molar-refractivity contribution in [2.24, 2.45) is 5.41 Å². The van der Waals surface area contributed by atoms with Gasteiger partial charge >= 0.3 is 5.97 Å². The lowest BCUT2D eigenvalue weighted by Crippen LogP contribution is -2.25. The summed E-state index contributed by atoms with van der Waals surface area (Å²) in [7, 11) is 1.68. The quantitative estimate of drug-likeness (QED) is 0.802. The van der Waals surface area contributed by atoms with Gasteiger partial charge in [0.15, 0.2) is 0 Å². The van der Waals surface area contributed by atoms with Gasteiger partial charge < -0.3 is 15.2 Å². The Morgan fingerprint density at radius 1 is 1.47 bits per heavy atom. The van der Waals surface area contributed by atoms with E-state index in [9.17, 15) is 9.90 Å². The minimum atomic E-state index is -0.940. The van der Waals surface area contributed by atoms with E-state index in [2.05, 4.69) is 35.1 Å². The summed E-state index contributed by atoms with van der Waals surface area (Å²) in [5, 5.41) is 12.4. The SMILES string of the molecule is COCCC(C)(C)CNc1cccc(Br)c1C(=O)O. The fraction of sp³-hybridized carbons (Fsp3) is 0.500. The van der Waals surface area contributed by atoms with E-state index in [1.165, 1.54) is 0 Å². The Balaban J connectivity index is 2.78. The van der Waals surface area contributed by atoms with Crippen LogP contribution >= 0.6 is 15.9 Å². The summed E-state index contributed by atoms with van der Waals surface area (Å²) in [5.41, 5.74) is 0.936. The zero-order valence-corrected chi connectivity index (χ0v) is 13.1. The fourth-order valence-corrected chi connectivity index (χ4v) is 2.23. The Kier molecular flexibility index (Phi) is 5.82. The minimum absolute atomic E-state index is 0.0358. The van der Waals surface area contributed by atoms with Gasteiger partial charge in [-0.25, -0.2) is 4.79 Å². The molecule has 19 heavy (non-hydrogen) atoms. The second-order valence-electron chi connectivity index (χ2n) is 5.23. The first-order chi connectivity index (χ1) is 8.87. The number of anilines is 1. The molecule has 1 aromatic rings. The first kappa shape index (κ1) is 16.0. The average molecular weight is 330 g/mol. The van der Waals surface area contributed by atoms with Crippen molar-refractivity contribution < 1.29 is 14.6 Å². The van der Waals surface area contributed by atoms with Gasteiger partial charge in [-0.15, -0.1) is 0 Å². The number of carbonyl (C=O) groups is 1. The lowest BCUT2D eigenvalue weighted by atomic mass is 9.89. The molecule has 4 nitrogen and oxygen atoms in total. The van der Waals surface area contributed by atoms with Gasteiger partial charge in [0.2, 0.25) is 0 Å². The van der Waals surface area contributed by atoms with Crippen LogP contribution in [0.5, 0.6) is 0 Å². The highest BCUT2D eigenvalue weighted by Gasteiger charge is 2.19. The van der Waals surface area contributed by atoms with Crippen molar-refractivity contribution in [2.75, 3.05) is 25.6 Å². The molecule has 0 aromatic heterocycles. The number of ether oxygens (including phenoxy) is 1. The fourth-order valence-electron chi connectivity index (χ4n) is 1.69. The van der Waals surface area contributed by atoms with E-state index in [0.29, 0.717) is 23.3 Å². The van der Waals surface area contributed by atoms with E-state index in [-0.39, 0.29) is 11.0 Å². The number of hydrogen-bond acceptors (Lipinski definition) is 3. The zero-order chi connectivity index (χ0) is 14.5. The van der Waals surface area contributed by atoms with Gasteiger partial charge in [-0.3, -0.25) is 0 Å². The summed E-state index contributed by atoms with van der Waals surface area (Å²) in [5.74, 6) is -0.940. The van der Waals surface area contributed by atoms with E-state index in [1.54, 1.807) is 19.2 Å². The van der Waals surface area contributed by atoms with Crippen molar-refractivity contribution in [1.82, 2.24) is 0 Å². The molecule has 0 aliphatic rings. The third kappa shape index (κ3) is 4.84. The zero-order valence-electron chi connectivity index (χ0n) is 11.5. The highest BCUT2D eigenvalue weighted by molar-refractivity contribution is 9.10. The van der Waals surface area contributed by atoms with Gasteiger partial charge in [-0.05, 0) is 39.9 Å². The minimum Gasteiger partial charge on any atom is -0.478 e. The normalized spacial score (nSPS) is 11.4. The number of benzene rings is 1. The van der Waals surface area contributed by atoms with Gasteiger partial charge in [-0.1, -0.05) is 19.9 Å². The average Bonchev–Trinajstić information content (AvgIpc) is 2.33. The molecule has 0 spiro atoms. The highest BCUT2D eigenvalue weighted by atomic mass is 79.9. The molecule has 0 amide bonds. The Labute approximate surface area is 122 Å². The molecule has 0 atom stereocenters. The summed E-state index contributed by atoms with van der Waals surface area (Å²) in [4.78, 5) is 11.2. The number of rotatable bonds is 7. The molecule has 2 N–H and O–H groups in total. The van der Waals surface area contributed by atoms with Crippen molar-refractivity contribution in [3.8, 4) is 0 Å². The first-order valence-corrected chi connectivity index (χ1v) is 6.91. The Morgan fingerprint density at radius 2 is 2.16 bits per heavy atom. The molecule has 106 valence electrons. The molecule has 0 radical (unpaired) electrons. The largest absolute Gasteiger partial charge is 0.478 e. The second-order valence-corrected chi connectivity index (χ2v) is 6.08. The van der Waals surface area contributed by atoms with Gasteiger partial charge in [-0.2, -0.15) is 0 Å². The van der Waals surface area contributed by atoms with Crippen molar-refractivity contribution in [3.63, 3.8) is 0 Å². The van der Waals surface area contributed by atoms with Crippen molar-refractivity contribution in [3.05, 3.63) is 28.2 Å². The Hall–Kier alpha value is -1.07. The van der Waals surface area contributed by atoms with E-state index < -0.39 is 5.97 Å². The van der Waals surface area contributed by atoms with Crippen LogP contribution in [0.15, 0.2) is 22.7 Å². The van der Waals surface area contributed by atoms with Crippen LogP contribution in [0, 0.1) is 5.41 Å². The summed E-state index contributed by atoms with van der Waals surface area (Å²) < 4.78 is 5.66. The number of carboxylic acid groups (broad SMARTS) is 1. The molecule has 0 bridgehead atoms. The van der Waals surface area contributed by atoms with E-state index in [0.717, 1.165) is 6.42 Å². The summed E-state index contributed by atoms with van der Waals surface area (Å²) >= 11 is 3.27. The molecule has 0 saturated carbocycles. The topological polar surface area (TPSA) is 58.6 Å². The summed E-state index contributed by atoms with van der Waals surface area (Å²) in [6.07, 6.45) is 0.910. The van der Waals surface area contributed by atoms with Gasteiger partial charge in [0.05, 0.1) is 5.56 Å². The standard InChI is InChI=1S/C14H20BrNO3/c1-14(2,7-8-19-3)9-16-11-6-4-5-10(15)12(11)13(17)18/h4-6,16H,7-9H2,1-3H3,(H,17,18). The monoisotopic (exact) mass is 329 g/mol. The molecule has 0 saturated heterocycles. The van der Waals surface area contributed by atoms with E-state index in [4.69, 9.17) is 4.74 Å². The van der Waals surface area contributed by atoms with Gasteiger partial charge in [0, 0.05) is 30.4 Å². The van der Waals surface area contributed by atoms with Crippen molar-refractivity contribution >= 4 is 27.6 Å². The Bertz CT molecular complexity index is 446. The van der Waals surface area contributed by atoms with Crippen LogP contribution in [0.3, 0.4) is 0 Å². The van der Waals surface area contributed by atoms with Crippen LogP contribution in [0.25, 0.3) is 0 Å². The molecule has 0 unspecified atom stereocenters. The number of carboxylic acids is 1. The van der Waals surface area contributed by atoms with Gasteiger partial charge in [0.25, 0.3) is 0 Å². The molecule has 0 aliphatic carbocycles. The highest BCUT2D eigenvalue weighted by Crippen LogP contribution is 2.27. The van der Waals surface area contributed by atoms with E-state index >= 15 is 0 Å². The third-order valence-corrected chi connectivity index (χ3v) is 3.63. The summed E-state index contributed by atoms with van der Waals surface area (Å²) in [6.45, 7) is 5.63. The van der Waals surface area contributed by atoms with Crippen LogP contribution in [-0.2, 0) is 4.74 Å². The maximum atomic E-state index is 11.2. The number of hydrogen-bond donors (Lipinski definition) is 2. The number of halogens is 1. The van der Waals surface area contributed by atoms with Gasteiger partial charge in [0.1, 0.15) is 0 Å². The van der Waals surface area contributed by atoms with Crippen LogP contribution in [0.2, 0.25) is 0 Å². The third-order valence-electron chi connectivity index (χ3n) is 2.97. The smallest absolute Gasteiger partial charge is 0.338 e. The summed E-state index contributed by atoms with van der Waals surface area (Å²) in [6, 6.07) is 5.33. The molecule has 1 rings (SSSR count). The van der Waals surface area contributed by atoms with E-state index in [1.807, 2.05) is 6.07 Å². The number of methoxy groups -OCH3 is 1. The molecular weight excluding hydrogens is 310 g/mol. The lowest BCUT2D eigenvalue weighted by molar-refractivity contribution is 0.0696. The Morgan fingerprint density at radius 3 is 2.74 bits per heavy atom. The molecule has 0 aliphatic heterocycles.